The average molecular weight is 482 g/mol. The van der Waals surface area contributed by atoms with Crippen molar-refractivity contribution >= 4 is 22.7 Å². The fourth-order valence-corrected chi connectivity index (χ4v) is 4.29. The van der Waals surface area contributed by atoms with Crippen molar-refractivity contribution in [1.29, 1.82) is 0 Å². The maximum atomic E-state index is 12.1. The van der Waals surface area contributed by atoms with E-state index in [4.69, 9.17) is 21.1 Å². The van der Waals surface area contributed by atoms with Crippen LogP contribution in [0.5, 0.6) is 17.2 Å². The summed E-state index contributed by atoms with van der Waals surface area (Å²) in [5, 5.41) is 10.2. The van der Waals surface area contributed by atoms with Crippen LogP contribution in [0.25, 0.3) is 11.1 Å². The molecule has 0 spiro atoms. The third-order valence-corrected chi connectivity index (χ3v) is 6.27. The summed E-state index contributed by atoms with van der Waals surface area (Å²) < 4.78 is 23.4. The molecule has 3 aromatic rings. The van der Waals surface area contributed by atoms with Gasteiger partial charge in [-0.3, -0.25) is 9.29 Å². The monoisotopic (exact) mass is 481 g/mol. The van der Waals surface area contributed by atoms with E-state index < -0.39 is 0 Å². The average Bonchev–Trinajstić information content (AvgIpc) is 2.82. The number of hydrogen-bond donors (Lipinski definition) is 1. The summed E-state index contributed by atoms with van der Waals surface area (Å²) in [4.78, 5) is 2.22. The predicted molar refractivity (Wildman–Crippen MR) is 135 cm³/mol. The van der Waals surface area contributed by atoms with Crippen LogP contribution in [0.1, 0.15) is 18.1 Å². The highest BCUT2D eigenvalue weighted by atomic mass is 35.5. The minimum Gasteiger partial charge on any atom is -0.508 e. The van der Waals surface area contributed by atoms with Crippen molar-refractivity contribution in [2.24, 2.45) is 5.92 Å². The number of phenols is 1. The van der Waals surface area contributed by atoms with E-state index in [-0.39, 0.29) is 18.3 Å². The fourth-order valence-electron chi connectivity index (χ4n) is 4.10. The molecule has 2 aliphatic rings. The summed E-state index contributed by atoms with van der Waals surface area (Å²) in [6, 6.07) is 22.7. The Bertz CT molecular complexity index is 1130. The lowest BCUT2D eigenvalue weighted by Crippen LogP contribution is -2.49. The van der Waals surface area contributed by atoms with Gasteiger partial charge >= 0.3 is 0 Å². The number of phenolic OH excluding ortho intramolecular Hbond substituents is 1. The van der Waals surface area contributed by atoms with Crippen LogP contribution in [0.2, 0.25) is 5.02 Å². The molecule has 3 aromatic carbocycles. The molecule has 0 bridgehead atoms. The summed E-state index contributed by atoms with van der Waals surface area (Å²) in [5.74, 6) is 2.11. The number of rotatable bonds is 6. The molecule has 0 unspecified atom stereocenters. The molecule has 1 fully saturated rings. The van der Waals surface area contributed by atoms with Crippen LogP contribution in [0.4, 0.5) is 4.39 Å². The van der Waals surface area contributed by atoms with Crippen LogP contribution in [0.3, 0.4) is 0 Å². The van der Waals surface area contributed by atoms with E-state index in [9.17, 15) is 9.50 Å². The molecule has 178 valence electrons. The lowest BCUT2D eigenvalue weighted by Gasteiger charge is -2.37. The van der Waals surface area contributed by atoms with Gasteiger partial charge < -0.3 is 14.6 Å². The van der Waals surface area contributed by atoms with Gasteiger partial charge in [0, 0.05) is 47.8 Å². The number of aromatic hydroxyl groups is 1. The van der Waals surface area contributed by atoms with Gasteiger partial charge in [-0.2, -0.15) is 0 Å². The summed E-state index contributed by atoms with van der Waals surface area (Å²) in [5.41, 5.74) is 4.37. The number of hydrogen-bond acceptors (Lipinski definition) is 4. The van der Waals surface area contributed by atoms with Crippen LogP contribution < -0.4 is 9.47 Å². The topological polar surface area (TPSA) is 41.9 Å². The van der Waals surface area contributed by atoms with Crippen molar-refractivity contribution < 1.29 is 19.0 Å². The number of benzene rings is 3. The fraction of sp³-hybridized carbons (Fsp3) is 0.286. The minimum atomic E-state index is -0.184. The molecule has 0 saturated carbocycles. The first-order valence-electron chi connectivity index (χ1n) is 11.4. The van der Waals surface area contributed by atoms with E-state index in [1.807, 2.05) is 60.7 Å². The van der Waals surface area contributed by atoms with Crippen LogP contribution in [0.15, 0.2) is 72.8 Å². The van der Waals surface area contributed by atoms with E-state index in [0.29, 0.717) is 18.2 Å². The Morgan fingerprint density at radius 2 is 1.85 bits per heavy atom. The maximum absolute atomic E-state index is 12.1. The first kappa shape index (κ1) is 24.1. The standard InChI is InChI=1S/C16H13ClO2.C12H16FNO/c1-10-14-6-5-13(18)8-16(14)19-9-15(10)11-3-2-4-12(17)7-11;13-8-11-9-14(10-11)6-7-15-12-4-2-1-3-5-12/h2-8,18H,9H2,1H3;1-5,11H,6-10H2. The summed E-state index contributed by atoms with van der Waals surface area (Å²) in [7, 11) is 0. The van der Waals surface area contributed by atoms with E-state index in [2.05, 4.69) is 11.8 Å². The molecular formula is C28H29ClFNO3. The lowest BCUT2D eigenvalue weighted by atomic mass is 9.94. The van der Waals surface area contributed by atoms with Crippen LogP contribution in [-0.4, -0.2) is 49.5 Å². The second-order valence-corrected chi connectivity index (χ2v) is 8.96. The maximum Gasteiger partial charge on any atom is 0.130 e. The highest BCUT2D eigenvalue weighted by Gasteiger charge is 2.25. The molecule has 1 saturated heterocycles. The van der Waals surface area contributed by atoms with Crippen LogP contribution in [-0.2, 0) is 0 Å². The molecule has 5 rings (SSSR count). The zero-order valence-corrected chi connectivity index (χ0v) is 20.0. The molecule has 1 N–H and O–H groups in total. The van der Waals surface area contributed by atoms with Crippen molar-refractivity contribution in [3.8, 4) is 17.2 Å². The lowest BCUT2D eigenvalue weighted by molar-refractivity contribution is 0.0668. The zero-order chi connectivity index (χ0) is 23.9. The van der Waals surface area contributed by atoms with Gasteiger partial charge in [0.25, 0.3) is 0 Å². The van der Waals surface area contributed by atoms with Gasteiger partial charge in [0.15, 0.2) is 0 Å². The second-order valence-electron chi connectivity index (χ2n) is 8.52. The highest BCUT2D eigenvalue weighted by Crippen LogP contribution is 2.38. The van der Waals surface area contributed by atoms with Crippen LogP contribution >= 0.6 is 11.6 Å². The number of alkyl halides is 1. The smallest absolute Gasteiger partial charge is 0.130 e. The number of para-hydroxylation sites is 1. The van der Waals surface area contributed by atoms with Gasteiger partial charge in [0.05, 0.1) is 6.67 Å². The van der Waals surface area contributed by atoms with Gasteiger partial charge in [-0.05, 0) is 54.5 Å². The quantitative estimate of drug-likeness (QED) is 0.446. The summed E-state index contributed by atoms with van der Waals surface area (Å²) >= 11 is 6.04. The molecule has 0 aromatic heterocycles. The normalized spacial score (nSPS) is 15.5. The van der Waals surface area contributed by atoms with Crippen molar-refractivity contribution in [3.05, 3.63) is 88.9 Å². The van der Waals surface area contributed by atoms with Crippen LogP contribution in [0, 0.1) is 5.92 Å². The number of ether oxygens (including phenoxy) is 2. The molecule has 34 heavy (non-hydrogen) atoms. The van der Waals surface area contributed by atoms with E-state index in [0.717, 1.165) is 53.4 Å². The van der Waals surface area contributed by atoms with Gasteiger partial charge in [0.1, 0.15) is 30.5 Å². The molecule has 6 heteroatoms. The van der Waals surface area contributed by atoms with Crippen molar-refractivity contribution in [2.45, 2.75) is 6.92 Å². The molecule has 0 radical (unpaired) electrons. The minimum absolute atomic E-state index is 0.184. The Morgan fingerprint density at radius 1 is 1.06 bits per heavy atom. The molecule has 0 aliphatic carbocycles. The number of nitrogens with zero attached hydrogens (tertiary/aromatic N) is 1. The Labute approximate surface area is 205 Å². The zero-order valence-electron chi connectivity index (χ0n) is 19.2. The second kappa shape index (κ2) is 11.4. The SMILES string of the molecule is CC1=C(c2cccc(Cl)c2)COc2cc(O)ccc21.FCC1CN(CCOc2ccccc2)C1. The molecule has 0 amide bonds. The van der Waals surface area contributed by atoms with Crippen molar-refractivity contribution in [3.63, 3.8) is 0 Å². The molecule has 0 atom stereocenters. The van der Waals surface area contributed by atoms with E-state index in [1.165, 1.54) is 0 Å². The Hall–Kier alpha value is -3.02. The van der Waals surface area contributed by atoms with E-state index >= 15 is 0 Å². The van der Waals surface area contributed by atoms with Gasteiger partial charge in [-0.1, -0.05) is 41.9 Å². The summed E-state index contributed by atoms with van der Waals surface area (Å²) in [6.07, 6.45) is 0. The first-order chi connectivity index (χ1) is 16.5. The van der Waals surface area contributed by atoms with Crippen molar-refractivity contribution in [1.82, 2.24) is 4.90 Å². The third kappa shape index (κ3) is 6.10. The Morgan fingerprint density at radius 3 is 2.59 bits per heavy atom. The predicted octanol–water partition coefficient (Wildman–Crippen LogP) is 6.34. The Kier molecular flexibility index (Phi) is 8.09. The highest BCUT2D eigenvalue weighted by molar-refractivity contribution is 6.30. The summed E-state index contributed by atoms with van der Waals surface area (Å²) in [6.45, 7) is 5.71. The molecule has 2 aliphatic heterocycles. The van der Waals surface area contributed by atoms with Crippen molar-refractivity contribution in [2.75, 3.05) is 39.5 Å². The third-order valence-electron chi connectivity index (χ3n) is 6.04. The molecule has 2 heterocycles. The largest absolute Gasteiger partial charge is 0.508 e. The van der Waals surface area contributed by atoms with Gasteiger partial charge in [0.2, 0.25) is 0 Å². The molecular weight excluding hydrogens is 453 g/mol. The number of allylic oxidation sites excluding steroid dienone is 1. The number of likely N-dealkylation sites (tertiary alicyclic amines) is 1. The molecule has 4 nitrogen and oxygen atoms in total. The van der Waals surface area contributed by atoms with Gasteiger partial charge in [-0.25, -0.2) is 0 Å². The van der Waals surface area contributed by atoms with E-state index in [1.54, 1.807) is 12.1 Å². The van der Waals surface area contributed by atoms with Gasteiger partial charge in [-0.15, -0.1) is 0 Å². The number of halogens is 2. The Balaban J connectivity index is 0.000000166. The number of fused-ring (bicyclic) bond motifs is 1. The first-order valence-corrected chi connectivity index (χ1v) is 11.8.